The number of thiophene rings is 1. The predicted octanol–water partition coefficient (Wildman–Crippen LogP) is 4.88. The summed E-state index contributed by atoms with van der Waals surface area (Å²) in [6, 6.07) is 8.44. The molecule has 1 aromatic carbocycles. The molecule has 0 spiro atoms. The number of aliphatic hydroxyl groups excluding tert-OH is 1. The van der Waals surface area contributed by atoms with Crippen LogP contribution in [0.15, 0.2) is 29.6 Å². The van der Waals surface area contributed by atoms with Gasteiger partial charge in [-0.15, -0.1) is 11.3 Å². The maximum atomic E-state index is 10.3. The Hall–Kier alpha value is -0.860. The molecular weight excluding hydrogens is 252 g/mol. The summed E-state index contributed by atoms with van der Waals surface area (Å²) >= 11 is 1.77. The van der Waals surface area contributed by atoms with Crippen molar-refractivity contribution in [2.75, 3.05) is 0 Å². The Morgan fingerprint density at radius 2 is 1.89 bits per heavy atom. The third-order valence-corrected chi connectivity index (χ3v) is 5.13. The van der Waals surface area contributed by atoms with Crippen LogP contribution in [-0.2, 0) is 6.42 Å². The third kappa shape index (κ3) is 3.58. The molecule has 0 aliphatic heterocycles. The predicted molar refractivity (Wildman–Crippen MR) is 84.8 cm³/mol. The van der Waals surface area contributed by atoms with E-state index >= 15 is 0 Å². The molecule has 1 heterocycles. The van der Waals surface area contributed by atoms with Crippen LogP contribution in [0.1, 0.15) is 39.7 Å². The van der Waals surface area contributed by atoms with Crippen molar-refractivity contribution in [2.24, 2.45) is 11.3 Å². The van der Waals surface area contributed by atoms with Crippen LogP contribution in [0, 0.1) is 11.3 Å². The lowest BCUT2D eigenvalue weighted by Crippen LogP contribution is -2.23. The maximum absolute atomic E-state index is 10.3. The standard InChI is InChI=1S/C17H24OS/c1-12(17(2,3)4)9-14(18)10-13-11-19-16-8-6-5-7-15(13)16/h5-8,11-12,14,18H,9-10H2,1-4H3. The number of rotatable bonds is 4. The van der Waals surface area contributed by atoms with Crippen LogP contribution in [0.3, 0.4) is 0 Å². The van der Waals surface area contributed by atoms with Gasteiger partial charge in [-0.3, -0.25) is 0 Å². The molecule has 0 amide bonds. The first-order valence-corrected chi connectivity index (χ1v) is 7.89. The zero-order chi connectivity index (χ0) is 14.0. The molecule has 0 saturated heterocycles. The van der Waals surface area contributed by atoms with E-state index in [4.69, 9.17) is 0 Å². The van der Waals surface area contributed by atoms with E-state index in [0.29, 0.717) is 5.92 Å². The van der Waals surface area contributed by atoms with Gasteiger partial charge in [0.25, 0.3) is 0 Å². The molecule has 0 aliphatic carbocycles. The van der Waals surface area contributed by atoms with E-state index in [2.05, 4.69) is 57.3 Å². The highest BCUT2D eigenvalue weighted by molar-refractivity contribution is 7.17. The SMILES string of the molecule is CC(CC(O)Cc1csc2ccccc12)C(C)(C)C. The Morgan fingerprint density at radius 3 is 2.58 bits per heavy atom. The Morgan fingerprint density at radius 1 is 1.21 bits per heavy atom. The molecule has 2 aromatic rings. The molecule has 1 nitrogen and oxygen atoms in total. The monoisotopic (exact) mass is 276 g/mol. The molecule has 0 bridgehead atoms. The van der Waals surface area contributed by atoms with Gasteiger partial charge in [-0.05, 0) is 46.6 Å². The van der Waals surface area contributed by atoms with Gasteiger partial charge < -0.3 is 5.11 Å². The zero-order valence-corrected chi connectivity index (χ0v) is 13.1. The topological polar surface area (TPSA) is 20.2 Å². The summed E-state index contributed by atoms with van der Waals surface area (Å²) in [4.78, 5) is 0. The van der Waals surface area contributed by atoms with Gasteiger partial charge >= 0.3 is 0 Å². The summed E-state index contributed by atoms with van der Waals surface area (Å²) < 4.78 is 1.31. The molecule has 0 radical (unpaired) electrons. The van der Waals surface area contributed by atoms with Gasteiger partial charge in [0.2, 0.25) is 0 Å². The van der Waals surface area contributed by atoms with E-state index in [1.165, 1.54) is 15.6 Å². The van der Waals surface area contributed by atoms with Crippen LogP contribution in [-0.4, -0.2) is 11.2 Å². The summed E-state index contributed by atoms with van der Waals surface area (Å²) in [7, 11) is 0. The van der Waals surface area contributed by atoms with Crippen LogP contribution in [0.2, 0.25) is 0 Å². The van der Waals surface area contributed by atoms with E-state index in [1.54, 1.807) is 11.3 Å². The minimum absolute atomic E-state index is 0.243. The first-order valence-electron chi connectivity index (χ1n) is 7.01. The second kappa shape index (κ2) is 5.64. The van der Waals surface area contributed by atoms with Gasteiger partial charge in [0.05, 0.1) is 6.10 Å². The van der Waals surface area contributed by atoms with Gasteiger partial charge in [-0.25, -0.2) is 0 Å². The van der Waals surface area contributed by atoms with Crippen molar-refractivity contribution >= 4 is 21.4 Å². The number of hydrogen-bond acceptors (Lipinski definition) is 2. The van der Waals surface area contributed by atoms with E-state index in [-0.39, 0.29) is 11.5 Å². The lowest BCUT2D eigenvalue weighted by molar-refractivity contribution is 0.110. The first-order chi connectivity index (χ1) is 8.88. The molecule has 2 rings (SSSR count). The van der Waals surface area contributed by atoms with Crippen LogP contribution < -0.4 is 0 Å². The molecule has 2 heteroatoms. The summed E-state index contributed by atoms with van der Waals surface area (Å²) in [5.74, 6) is 0.521. The molecule has 2 atom stereocenters. The lowest BCUT2D eigenvalue weighted by Gasteiger charge is -2.29. The summed E-state index contributed by atoms with van der Waals surface area (Å²) in [5.41, 5.74) is 1.55. The highest BCUT2D eigenvalue weighted by atomic mass is 32.1. The highest BCUT2D eigenvalue weighted by Crippen LogP contribution is 2.31. The minimum atomic E-state index is -0.243. The Kier molecular flexibility index (Phi) is 4.32. The van der Waals surface area contributed by atoms with Gasteiger partial charge in [0, 0.05) is 4.70 Å². The third-order valence-electron chi connectivity index (χ3n) is 4.12. The first kappa shape index (κ1) is 14.5. The highest BCUT2D eigenvalue weighted by Gasteiger charge is 2.23. The van der Waals surface area contributed by atoms with Crippen molar-refractivity contribution in [3.63, 3.8) is 0 Å². The van der Waals surface area contributed by atoms with E-state index in [0.717, 1.165) is 12.8 Å². The summed E-state index contributed by atoms with van der Waals surface area (Å²) in [6.07, 6.45) is 1.39. The van der Waals surface area contributed by atoms with Crippen LogP contribution in [0.25, 0.3) is 10.1 Å². The fraction of sp³-hybridized carbons (Fsp3) is 0.529. The number of benzene rings is 1. The van der Waals surface area contributed by atoms with Gasteiger partial charge in [-0.2, -0.15) is 0 Å². The van der Waals surface area contributed by atoms with Crippen LogP contribution >= 0.6 is 11.3 Å². The Labute approximate surface area is 120 Å². The van der Waals surface area contributed by atoms with E-state index < -0.39 is 0 Å². The molecule has 0 aliphatic rings. The summed E-state index contributed by atoms with van der Waals surface area (Å²) in [5, 5.41) is 13.8. The lowest BCUT2D eigenvalue weighted by atomic mass is 9.78. The van der Waals surface area contributed by atoms with Crippen molar-refractivity contribution in [2.45, 2.75) is 46.6 Å². The van der Waals surface area contributed by atoms with Crippen molar-refractivity contribution in [1.29, 1.82) is 0 Å². The molecular formula is C17H24OS. The normalized spacial score (nSPS) is 15.6. The fourth-order valence-electron chi connectivity index (χ4n) is 2.29. The van der Waals surface area contributed by atoms with Crippen molar-refractivity contribution in [3.05, 3.63) is 35.2 Å². The smallest absolute Gasteiger partial charge is 0.0583 e. The second-order valence-electron chi connectivity index (χ2n) is 6.62. The fourth-order valence-corrected chi connectivity index (χ4v) is 3.27. The second-order valence-corrected chi connectivity index (χ2v) is 7.53. The Balaban J connectivity index is 2.05. The number of hydrogen-bond donors (Lipinski definition) is 1. The van der Waals surface area contributed by atoms with E-state index in [9.17, 15) is 5.11 Å². The molecule has 1 aromatic heterocycles. The van der Waals surface area contributed by atoms with Crippen LogP contribution in [0.4, 0.5) is 0 Å². The Bertz CT molecular complexity index is 535. The molecule has 1 N–H and O–H groups in total. The largest absolute Gasteiger partial charge is 0.393 e. The molecule has 19 heavy (non-hydrogen) atoms. The summed E-state index contributed by atoms with van der Waals surface area (Å²) in [6.45, 7) is 8.95. The van der Waals surface area contributed by atoms with Crippen molar-refractivity contribution < 1.29 is 5.11 Å². The quantitative estimate of drug-likeness (QED) is 0.844. The number of aliphatic hydroxyl groups is 1. The van der Waals surface area contributed by atoms with Crippen molar-refractivity contribution in [1.82, 2.24) is 0 Å². The molecule has 0 fully saturated rings. The molecule has 2 unspecified atom stereocenters. The average Bonchev–Trinajstić information content (AvgIpc) is 2.71. The van der Waals surface area contributed by atoms with Crippen LogP contribution in [0.5, 0.6) is 0 Å². The zero-order valence-electron chi connectivity index (χ0n) is 12.3. The van der Waals surface area contributed by atoms with E-state index in [1.807, 2.05) is 0 Å². The maximum Gasteiger partial charge on any atom is 0.0583 e. The molecule has 104 valence electrons. The molecule has 0 saturated carbocycles. The van der Waals surface area contributed by atoms with Crippen molar-refractivity contribution in [3.8, 4) is 0 Å². The minimum Gasteiger partial charge on any atom is -0.393 e. The number of fused-ring (bicyclic) bond motifs is 1. The van der Waals surface area contributed by atoms with Gasteiger partial charge in [-0.1, -0.05) is 45.9 Å². The average molecular weight is 276 g/mol. The van der Waals surface area contributed by atoms with Gasteiger partial charge in [0.1, 0.15) is 0 Å². The van der Waals surface area contributed by atoms with Gasteiger partial charge in [0.15, 0.2) is 0 Å².